The summed E-state index contributed by atoms with van der Waals surface area (Å²) in [7, 11) is 0. The quantitative estimate of drug-likeness (QED) is 0.719. The van der Waals surface area contributed by atoms with E-state index >= 15 is 0 Å². The molecule has 82 valence electrons. The topological polar surface area (TPSA) is 93.2 Å². The second-order valence-electron chi connectivity index (χ2n) is 3.54. The number of hydrogen-bond donors (Lipinski definition) is 3. The van der Waals surface area contributed by atoms with Gasteiger partial charge >= 0.3 is 0 Å². The molecule has 0 amide bonds. The molecule has 16 heavy (non-hydrogen) atoms. The van der Waals surface area contributed by atoms with Crippen LogP contribution in [0.1, 0.15) is 22.6 Å². The zero-order valence-electron chi connectivity index (χ0n) is 9.13. The Morgan fingerprint density at radius 1 is 1.38 bits per heavy atom. The van der Waals surface area contributed by atoms with Gasteiger partial charge < -0.3 is 5.32 Å². The van der Waals surface area contributed by atoms with Gasteiger partial charge in [0.05, 0.1) is 5.69 Å². The maximum Gasteiger partial charge on any atom is 0.149 e. The average Bonchev–Trinajstić information content (AvgIpc) is 2.85. The molecule has 0 atom stereocenters. The zero-order valence-corrected chi connectivity index (χ0v) is 9.13. The van der Waals surface area contributed by atoms with E-state index in [1.807, 2.05) is 19.9 Å². The fraction of sp³-hybridized carbons (Fsp3) is 0.300. The summed E-state index contributed by atoms with van der Waals surface area (Å²) in [5.41, 5.74) is 3.59. The minimum atomic E-state index is 0.447. The number of aryl methyl sites for hydroxylation is 2. The second kappa shape index (κ2) is 4.06. The molecule has 6 nitrogen and oxygen atoms in total. The highest BCUT2D eigenvalue weighted by molar-refractivity contribution is 5.40. The van der Waals surface area contributed by atoms with Gasteiger partial charge in [0.2, 0.25) is 0 Å². The van der Waals surface area contributed by atoms with Crippen LogP contribution in [0.15, 0.2) is 6.07 Å². The molecule has 3 N–H and O–H groups in total. The molecule has 0 fully saturated rings. The lowest BCUT2D eigenvalue weighted by molar-refractivity contribution is 1.02. The smallest absolute Gasteiger partial charge is 0.149 e. The van der Waals surface area contributed by atoms with Crippen molar-refractivity contribution in [1.29, 1.82) is 5.26 Å². The monoisotopic (exact) mass is 216 g/mol. The number of hydrogen-bond acceptors (Lipinski definition) is 4. The third-order valence-corrected chi connectivity index (χ3v) is 2.43. The van der Waals surface area contributed by atoms with E-state index in [-0.39, 0.29) is 0 Å². The van der Waals surface area contributed by atoms with Crippen LogP contribution in [-0.2, 0) is 6.54 Å². The highest BCUT2D eigenvalue weighted by Gasteiger charge is 2.06. The summed E-state index contributed by atoms with van der Waals surface area (Å²) in [6.07, 6.45) is 0. The minimum Gasteiger partial charge on any atom is -0.364 e. The van der Waals surface area contributed by atoms with Crippen LogP contribution < -0.4 is 5.32 Å². The van der Waals surface area contributed by atoms with Crippen LogP contribution in [0.3, 0.4) is 0 Å². The highest BCUT2D eigenvalue weighted by atomic mass is 15.2. The molecule has 0 saturated heterocycles. The number of nitriles is 1. The lowest BCUT2D eigenvalue weighted by Gasteiger charge is -2.02. The van der Waals surface area contributed by atoms with E-state index in [1.165, 1.54) is 0 Å². The number of aromatic nitrogens is 4. The Labute approximate surface area is 92.7 Å². The van der Waals surface area contributed by atoms with Crippen LogP contribution >= 0.6 is 0 Å². The van der Waals surface area contributed by atoms with Crippen LogP contribution in [0.25, 0.3) is 0 Å². The fourth-order valence-electron chi connectivity index (χ4n) is 1.48. The van der Waals surface area contributed by atoms with Crippen molar-refractivity contribution < 1.29 is 0 Å². The van der Waals surface area contributed by atoms with Crippen molar-refractivity contribution in [1.82, 2.24) is 20.4 Å². The summed E-state index contributed by atoms with van der Waals surface area (Å²) in [5.74, 6) is 0.663. The molecule has 0 aliphatic rings. The molecule has 0 spiro atoms. The molecule has 2 aromatic rings. The van der Waals surface area contributed by atoms with Gasteiger partial charge in [0.15, 0.2) is 0 Å². The number of nitrogens with one attached hydrogen (secondary N) is 3. The Bertz CT molecular complexity index is 510. The largest absolute Gasteiger partial charge is 0.364 e. The van der Waals surface area contributed by atoms with Crippen LogP contribution in [-0.4, -0.2) is 20.4 Å². The summed E-state index contributed by atoms with van der Waals surface area (Å²) < 4.78 is 0. The summed E-state index contributed by atoms with van der Waals surface area (Å²) in [4.78, 5) is 0. The van der Waals surface area contributed by atoms with Crippen LogP contribution in [0, 0.1) is 25.2 Å². The summed E-state index contributed by atoms with van der Waals surface area (Å²) in [5, 5.41) is 25.4. The predicted octanol–water partition coefficient (Wildman–Crippen LogP) is 1.23. The van der Waals surface area contributed by atoms with Gasteiger partial charge in [-0.25, -0.2) is 0 Å². The van der Waals surface area contributed by atoms with Crippen molar-refractivity contribution in [3.8, 4) is 6.07 Å². The molecule has 2 rings (SSSR count). The maximum atomic E-state index is 8.63. The third kappa shape index (κ3) is 1.88. The van der Waals surface area contributed by atoms with Crippen molar-refractivity contribution in [2.75, 3.05) is 5.32 Å². The highest BCUT2D eigenvalue weighted by Crippen LogP contribution is 2.12. The molecule has 0 saturated carbocycles. The van der Waals surface area contributed by atoms with Gasteiger partial charge in [0.25, 0.3) is 0 Å². The van der Waals surface area contributed by atoms with E-state index in [4.69, 9.17) is 5.26 Å². The van der Waals surface area contributed by atoms with Gasteiger partial charge in [-0.1, -0.05) is 0 Å². The first kappa shape index (κ1) is 10.2. The van der Waals surface area contributed by atoms with Crippen molar-refractivity contribution in [2.24, 2.45) is 0 Å². The minimum absolute atomic E-state index is 0.447. The molecular weight excluding hydrogens is 204 g/mol. The first-order valence-corrected chi connectivity index (χ1v) is 4.90. The van der Waals surface area contributed by atoms with Gasteiger partial charge in [-0.2, -0.15) is 15.5 Å². The number of aromatic amines is 2. The molecule has 0 aromatic carbocycles. The standard InChI is InChI=1S/C10H12N6/c1-6-9(7(2)14-13-6)5-12-10-3-8(4-11)15-16-10/h3H,5H2,1-2H3,(H,13,14)(H2,12,15,16). The number of anilines is 1. The summed E-state index contributed by atoms with van der Waals surface area (Å²) in [6.45, 7) is 4.57. The number of nitrogens with zero attached hydrogens (tertiary/aromatic N) is 3. The Morgan fingerprint density at radius 3 is 2.75 bits per heavy atom. The summed E-state index contributed by atoms with van der Waals surface area (Å²) in [6, 6.07) is 3.66. The van der Waals surface area contributed by atoms with Crippen molar-refractivity contribution in [3.63, 3.8) is 0 Å². The second-order valence-corrected chi connectivity index (χ2v) is 3.54. The average molecular weight is 216 g/mol. The van der Waals surface area contributed by atoms with E-state index in [1.54, 1.807) is 6.07 Å². The Hall–Kier alpha value is -2.29. The van der Waals surface area contributed by atoms with Crippen molar-refractivity contribution in [2.45, 2.75) is 20.4 Å². The number of rotatable bonds is 3. The SMILES string of the molecule is Cc1n[nH]c(C)c1CNc1cc(C#N)[nH]n1. The van der Waals surface area contributed by atoms with Gasteiger partial charge in [0, 0.05) is 23.9 Å². The molecule has 0 bridgehead atoms. The molecule has 0 unspecified atom stereocenters. The Morgan fingerprint density at radius 2 is 2.19 bits per heavy atom. The lowest BCUT2D eigenvalue weighted by Crippen LogP contribution is -2.01. The van der Waals surface area contributed by atoms with E-state index in [0.717, 1.165) is 17.0 Å². The van der Waals surface area contributed by atoms with Gasteiger partial charge in [-0.3, -0.25) is 10.2 Å². The van der Waals surface area contributed by atoms with Crippen molar-refractivity contribution >= 4 is 5.82 Å². The van der Waals surface area contributed by atoms with Crippen molar-refractivity contribution in [3.05, 3.63) is 28.7 Å². The lowest BCUT2D eigenvalue weighted by atomic mass is 10.2. The fourth-order valence-corrected chi connectivity index (χ4v) is 1.48. The molecule has 0 radical (unpaired) electrons. The van der Waals surface area contributed by atoms with Crippen LogP contribution in [0.5, 0.6) is 0 Å². The van der Waals surface area contributed by atoms with Crippen LogP contribution in [0.2, 0.25) is 0 Å². The molecule has 2 heterocycles. The van der Waals surface area contributed by atoms with Crippen LogP contribution in [0.4, 0.5) is 5.82 Å². The maximum absolute atomic E-state index is 8.63. The Balaban J connectivity index is 2.05. The first-order chi connectivity index (χ1) is 7.70. The summed E-state index contributed by atoms with van der Waals surface area (Å²) >= 11 is 0. The molecule has 0 aliphatic heterocycles. The van der Waals surface area contributed by atoms with E-state index in [2.05, 4.69) is 25.7 Å². The number of H-pyrrole nitrogens is 2. The molecular formula is C10H12N6. The van der Waals surface area contributed by atoms with Gasteiger partial charge in [-0.15, -0.1) is 0 Å². The molecule has 6 heteroatoms. The predicted molar refractivity (Wildman–Crippen MR) is 58.7 cm³/mol. The molecule has 2 aromatic heterocycles. The van der Waals surface area contributed by atoms with Gasteiger partial charge in [0.1, 0.15) is 17.6 Å². The van der Waals surface area contributed by atoms with Gasteiger partial charge in [-0.05, 0) is 13.8 Å². The zero-order chi connectivity index (χ0) is 11.5. The van der Waals surface area contributed by atoms with E-state index < -0.39 is 0 Å². The first-order valence-electron chi connectivity index (χ1n) is 4.90. The Kier molecular flexibility index (Phi) is 2.60. The van der Waals surface area contributed by atoms with E-state index in [9.17, 15) is 0 Å². The molecule has 0 aliphatic carbocycles. The van der Waals surface area contributed by atoms with E-state index in [0.29, 0.717) is 18.1 Å². The third-order valence-electron chi connectivity index (χ3n) is 2.43. The normalized spacial score (nSPS) is 10.1.